The molecule has 1 aromatic rings. The molecule has 25 heavy (non-hydrogen) atoms. The average molecular weight is 349 g/mol. The van der Waals surface area contributed by atoms with E-state index in [1.54, 1.807) is 0 Å². The lowest BCUT2D eigenvalue weighted by Crippen LogP contribution is -2.38. The van der Waals surface area contributed by atoms with Crippen LogP contribution in [0.4, 0.5) is 0 Å². The highest BCUT2D eigenvalue weighted by Crippen LogP contribution is 2.26. The zero-order valence-corrected chi connectivity index (χ0v) is 14.8. The normalized spacial score (nSPS) is 15.0. The summed E-state index contributed by atoms with van der Waals surface area (Å²) < 4.78 is 11.2. The molecule has 0 radical (unpaired) electrons. The van der Waals surface area contributed by atoms with Gasteiger partial charge in [-0.25, -0.2) is 0 Å². The number of rotatable bonds is 9. The van der Waals surface area contributed by atoms with Gasteiger partial charge in [-0.15, -0.1) is 0 Å². The van der Waals surface area contributed by atoms with Crippen molar-refractivity contribution in [1.82, 2.24) is 4.90 Å². The topological polar surface area (TPSA) is 76.1 Å². The molecule has 0 saturated carbocycles. The fraction of sp³-hybridized carbons (Fsp3) is 0.579. The minimum Gasteiger partial charge on any atom is -0.490 e. The second-order valence-corrected chi connectivity index (χ2v) is 6.25. The Morgan fingerprint density at radius 3 is 2.40 bits per heavy atom. The second-order valence-electron chi connectivity index (χ2n) is 6.25. The lowest BCUT2D eigenvalue weighted by Gasteiger charge is -2.31. The molecule has 1 heterocycles. The summed E-state index contributed by atoms with van der Waals surface area (Å²) in [6, 6.07) is 7.52. The van der Waals surface area contributed by atoms with Crippen molar-refractivity contribution in [2.75, 3.05) is 26.3 Å². The number of likely N-dealkylation sites (tertiary alicyclic amines) is 1. The van der Waals surface area contributed by atoms with E-state index >= 15 is 0 Å². The summed E-state index contributed by atoms with van der Waals surface area (Å²) in [5.41, 5.74) is 0. The van der Waals surface area contributed by atoms with Crippen LogP contribution in [-0.4, -0.2) is 48.2 Å². The lowest BCUT2D eigenvalue weighted by molar-refractivity contribution is -0.138. The molecule has 1 aliphatic rings. The predicted molar refractivity (Wildman–Crippen MR) is 93.9 cm³/mol. The van der Waals surface area contributed by atoms with E-state index < -0.39 is 5.97 Å². The summed E-state index contributed by atoms with van der Waals surface area (Å²) in [6.07, 6.45) is 2.84. The number of piperidine rings is 1. The molecule has 1 saturated heterocycles. The summed E-state index contributed by atoms with van der Waals surface area (Å²) in [4.78, 5) is 24.8. The van der Waals surface area contributed by atoms with Crippen LogP contribution in [0.25, 0.3) is 0 Å². The third kappa shape index (κ3) is 6.29. The Morgan fingerprint density at radius 1 is 1.16 bits per heavy atom. The molecule has 2 rings (SSSR count). The van der Waals surface area contributed by atoms with Crippen LogP contribution in [0.2, 0.25) is 0 Å². The molecule has 1 N–H and O–H groups in total. The number of ether oxygens (including phenoxy) is 2. The first-order valence-electron chi connectivity index (χ1n) is 8.94. The van der Waals surface area contributed by atoms with E-state index in [2.05, 4.69) is 0 Å². The Kier molecular flexibility index (Phi) is 7.57. The maximum absolute atomic E-state index is 12.2. The van der Waals surface area contributed by atoms with Crippen LogP contribution in [-0.2, 0) is 9.59 Å². The molecule has 0 aliphatic carbocycles. The molecular formula is C19H27NO5. The van der Waals surface area contributed by atoms with Crippen molar-refractivity contribution in [3.05, 3.63) is 24.3 Å². The van der Waals surface area contributed by atoms with Gasteiger partial charge in [0.25, 0.3) is 0 Å². The van der Waals surface area contributed by atoms with Crippen molar-refractivity contribution in [3.8, 4) is 11.5 Å². The Labute approximate surface area is 148 Å². The molecule has 1 fully saturated rings. The van der Waals surface area contributed by atoms with Crippen LogP contribution in [0, 0.1) is 5.92 Å². The molecule has 138 valence electrons. The van der Waals surface area contributed by atoms with Crippen LogP contribution in [0.15, 0.2) is 24.3 Å². The van der Waals surface area contributed by atoms with E-state index in [1.807, 2.05) is 36.1 Å². The van der Waals surface area contributed by atoms with E-state index in [9.17, 15) is 9.59 Å². The van der Waals surface area contributed by atoms with E-state index in [0.717, 1.165) is 18.6 Å². The first kappa shape index (κ1) is 19.1. The molecule has 0 unspecified atom stereocenters. The van der Waals surface area contributed by atoms with Gasteiger partial charge >= 0.3 is 5.97 Å². The third-order valence-electron chi connectivity index (χ3n) is 4.37. The smallest absolute Gasteiger partial charge is 0.303 e. The number of carbonyl (C=O) groups excluding carboxylic acids is 1. The zero-order chi connectivity index (χ0) is 18.1. The summed E-state index contributed by atoms with van der Waals surface area (Å²) >= 11 is 0. The van der Waals surface area contributed by atoms with Crippen LogP contribution >= 0.6 is 0 Å². The minimum atomic E-state index is -0.755. The molecule has 1 amide bonds. The molecular weight excluding hydrogens is 322 g/mol. The Bertz CT molecular complexity index is 567. The molecule has 0 spiro atoms. The maximum Gasteiger partial charge on any atom is 0.303 e. The van der Waals surface area contributed by atoms with Gasteiger partial charge in [0.15, 0.2) is 11.5 Å². The number of carboxylic acids is 1. The fourth-order valence-corrected chi connectivity index (χ4v) is 3.04. The van der Waals surface area contributed by atoms with Gasteiger partial charge in [-0.1, -0.05) is 12.1 Å². The maximum atomic E-state index is 12.2. The van der Waals surface area contributed by atoms with Crippen LogP contribution in [0.1, 0.15) is 39.0 Å². The summed E-state index contributed by atoms with van der Waals surface area (Å²) in [6.45, 7) is 4.28. The van der Waals surface area contributed by atoms with Gasteiger partial charge in [0.2, 0.25) is 5.91 Å². The van der Waals surface area contributed by atoms with Gasteiger partial charge in [-0.05, 0) is 44.2 Å². The van der Waals surface area contributed by atoms with Crippen molar-refractivity contribution >= 4 is 11.9 Å². The molecule has 6 nitrogen and oxygen atoms in total. The standard InChI is InChI=1S/C19H27NO5/c1-2-24-16-6-3-4-7-17(16)25-13-5-8-18(21)20-11-9-15(10-12-20)14-19(22)23/h3-4,6-7,15H,2,5,8-14H2,1H3,(H,22,23). The molecule has 6 heteroatoms. The number of hydrogen-bond acceptors (Lipinski definition) is 4. The van der Waals surface area contributed by atoms with Crippen molar-refractivity contribution < 1.29 is 24.2 Å². The van der Waals surface area contributed by atoms with Gasteiger partial charge in [0.1, 0.15) is 0 Å². The summed E-state index contributed by atoms with van der Waals surface area (Å²) in [7, 11) is 0. The van der Waals surface area contributed by atoms with E-state index in [-0.39, 0.29) is 18.2 Å². The molecule has 0 aromatic heterocycles. The predicted octanol–water partition coefficient (Wildman–Crippen LogP) is 2.96. The van der Waals surface area contributed by atoms with Crippen molar-refractivity contribution in [2.24, 2.45) is 5.92 Å². The van der Waals surface area contributed by atoms with Crippen molar-refractivity contribution in [3.63, 3.8) is 0 Å². The monoisotopic (exact) mass is 349 g/mol. The van der Waals surface area contributed by atoms with Gasteiger partial charge in [-0.3, -0.25) is 9.59 Å². The number of hydrogen-bond donors (Lipinski definition) is 1. The van der Waals surface area contributed by atoms with Gasteiger partial charge in [-0.2, -0.15) is 0 Å². The minimum absolute atomic E-state index is 0.121. The van der Waals surface area contributed by atoms with Crippen molar-refractivity contribution in [2.45, 2.75) is 39.0 Å². The lowest BCUT2D eigenvalue weighted by atomic mass is 9.93. The molecule has 0 bridgehead atoms. The largest absolute Gasteiger partial charge is 0.490 e. The molecule has 1 aliphatic heterocycles. The van der Waals surface area contributed by atoms with E-state index in [4.69, 9.17) is 14.6 Å². The number of carboxylic acid groups (broad SMARTS) is 1. The number of nitrogens with zero attached hydrogens (tertiary/aromatic N) is 1. The number of amides is 1. The van der Waals surface area contributed by atoms with Crippen LogP contribution in [0.3, 0.4) is 0 Å². The second kappa shape index (κ2) is 9.91. The van der Waals surface area contributed by atoms with Gasteiger partial charge in [0, 0.05) is 25.9 Å². The third-order valence-corrected chi connectivity index (χ3v) is 4.37. The van der Waals surface area contributed by atoms with Crippen LogP contribution < -0.4 is 9.47 Å². The number of aliphatic carboxylic acids is 1. The summed E-state index contributed by atoms with van der Waals surface area (Å²) in [5.74, 6) is 0.979. The van der Waals surface area contributed by atoms with Gasteiger partial charge in [0.05, 0.1) is 13.2 Å². The zero-order valence-electron chi connectivity index (χ0n) is 14.8. The Balaban J connectivity index is 1.67. The average Bonchev–Trinajstić information content (AvgIpc) is 2.60. The number of para-hydroxylation sites is 2. The first-order chi connectivity index (χ1) is 12.1. The van der Waals surface area contributed by atoms with Crippen molar-refractivity contribution in [1.29, 1.82) is 0 Å². The highest BCUT2D eigenvalue weighted by atomic mass is 16.5. The number of benzene rings is 1. The molecule has 0 atom stereocenters. The highest BCUT2D eigenvalue weighted by Gasteiger charge is 2.23. The van der Waals surface area contributed by atoms with Crippen LogP contribution in [0.5, 0.6) is 11.5 Å². The van der Waals surface area contributed by atoms with Gasteiger partial charge < -0.3 is 19.5 Å². The number of carbonyl (C=O) groups is 2. The Morgan fingerprint density at radius 2 is 1.80 bits per heavy atom. The highest BCUT2D eigenvalue weighted by molar-refractivity contribution is 5.76. The first-order valence-corrected chi connectivity index (χ1v) is 8.94. The fourth-order valence-electron chi connectivity index (χ4n) is 3.04. The van der Waals surface area contributed by atoms with E-state index in [0.29, 0.717) is 44.9 Å². The SMILES string of the molecule is CCOc1ccccc1OCCCC(=O)N1CCC(CC(=O)O)CC1. The summed E-state index contributed by atoms with van der Waals surface area (Å²) in [5, 5.41) is 8.83. The quantitative estimate of drug-likeness (QED) is 0.694. The molecule has 1 aromatic carbocycles. The Hall–Kier alpha value is -2.24. The van der Waals surface area contributed by atoms with E-state index in [1.165, 1.54) is 0 Å².